The minimum Gasteiger partial charge on any atom is -0.356 e. The molecule has 0 unspecified atom stereocenters. The molecule has 1 amide bonds. The van der Waals surface area contributed by atoms with Crippen molar-refractivity contribution >= 4 is 16.1 Å². The molecule has 1 heterocycles. The van der Waals surface area contributed by atoms with Crippen molar-refractivity contribution in [2.75, 3.05) is 33.7 Å². The first-order valence-corrected chi connectivity index (χ1v) is 8.24. The normalized spacial score (nSPS) is 18.7. The van der Waals surface area contributed by atoms with Gasteiger partial charge in [-0.15, -0.1) is 0 Å². The monoisotopic (exact) mass is 291 g/mol. The molecule has 19 heavy (non-hydrogen) atoms. The van der Waals surface area contributed by atoms with Crippen LogP contribution in [0.3, 0.4) is 0 Å². The highest BCUT2D eigenvalue weighted by Crippen LogP contribution is 2.20. The number of amides is 1. The smallest absolute Gasteiger partial charge is 0.281 e. The summed E-state index contributed by atoms with van der Waals surface area (Å²) in [5.41, 5.74) is 0. The van der Waals surface area contributed by atoms with Crippen LogP contribution in [0.15, 0.2) is 0 Å². The molecule has 1 aliphatic heterocycles. The summed E-state index contributed by atoms with van der Waals surface area (Å²) < 4.78 is 26.5. The number of hydrogen-bond acceptors (Lipinski definition) is 3. The molecule has 0 spiro atoms. The van der Waals surface area contributed by atoms with E-state index in [1.165, 1.54) is 22.7 Å². The summed E-state index contributed by atoms with van der Waals surface area (Å²) in [4.78, 5) is 11.9. The maximum Gasteiger partial charge on any atom is 0.281 e. The van der Waals surface area contributed by atoms with Crippen molar-refractivity contribution in [3.63, 3.8) is 0 Å². The van der Waals surface area contributed by atoms with Crippen LogP contribution in [0.2, 0.25) is 0 Å². The predicted octanol–water partition coefficient (Wildman–Crippen LogP) is 0.421. The third-order valence-corrected chi connectivity index (χ3v) is 5.38. The molecular formula is C12H25N3O3S. The van der Waals surface area contributed by atoms with Gasteiger partial charge in [-0.1, -0.05) is 13.3 Å². The van der Waals surface area contributed by atoms with E-state index in [1.807, 2.05) is 0 Å². The van der Waals surface area contributed by atoms with Gasteiger partial charge in [0, 0.05) is 39.6 Å². The Kier molecular flexibility index (Phi) is 6.22. The molecule has 1 N–H and O–H groups in total. The Morgan fingerprint density at radius 2 is 1.89 bits per heavy atom. The molecule has 6 nitrogen and oxygen atoms in total. The van der Waals surface area contributed by atoms with Crippen molar-refractivity contribution in [3.8, 4) is 0 Å². The van der Waals surface area contributed by atoms with Crippen LogP contribution in [0.5, 0.6) is 0 Å². The molecule has 0 saturated carbocycles. The van der Waals surface area contributed by atoms with E-state index in [9.17, 15) is 13.2 Å². The topological polar surface area (TPSA) is 69.7 Å². The first-order chi connectivity index (χ1) is 8.89. The lowest BCUT2D eigenvalue weighted by Gasteiger charge is -2.32. The Balaban J connectivity index is 2.43. The van der Waals surface area contributed by atoms with Crippen LogP contribution < -0.4 is 5.32 Å². The van der Waals surface area contributed by atoms with Gasteiger partial charge in [-0.2, -0.15) is 17.0 Å². The maximum atomic E-state index is 11.9. The Morgan fingerprint density at radius 3 is 2.37 bits per heavy atom. The van der Waals surface area contributed by atoms with E-state index in [0.717, 1.165) is 12.8 Å². The Bertz CT molecular complexity index is 387. The minimum absolute atomic E-state index is 0.0505. The number of hydrogen-bond donors (Lipinski definition) is 1. The zero-order valence-corrected chi connectivity index (χ0v) is 12.9. The Hall–Kier alpha value is -0.660. The van der Waals surface area contributed by atoms with E-state index in [1.54, 1.807) is 0 Å². The average Bonchev–Trinajstić information content (AvgIpc) is 2.39. The molecule has 0 aromatic rings. The maximum absolute atomic E-state index is 11.9. The van der Waals surface area contributed by atoms with Crippen molar-refractivity contribution in [3.05, 3.63) is 0 Å². The van der Waals surface area contributed by atoms with Crippen LogP contribution in [0.25, 0.3) is 0 Å². The number of rotatable bonds is 6. The van der Waals surface area contributed by atoms with Crippen LogP contribution in [0, 0.1) is 5.92 Å². The molecule has 0 atom stereocenters. The molecular weight excluding hydrogens is 266 g/mol. The lowest BCUT2D eigenvalue weighted by atomic mass is 9.97. The van der Waals surface area contributed by atoms with Gasteiger partial charge in [-0.3, -0.25) is 4.79 Å². The van der Waals surface area contributed by atoms with Gasteiger partial charge < -0.3 is 5.32 Å². The van der Waals surface area contributed by atoms with Crippen LogP contribution in [0.1, 0.15) is 32.6 Å². The van der Waals surface area contributed by atoms with Crippen molar-refractivity contribution in [2.24, 2.45) is 5.92 Å². The van der Waals surface area contributed by atoms with E-state index in [4.69, 9.17) is 0 Å². The SMILES string of the molecule is CCCCNC(=O)C1CCN(S(=O)(=O)N(C)C)CC1. The van der Waals surface area contributed by atoms with Gasteiger partial charge in [0.15, 0.2) is 0 Å². The largest absolute Gasteiger partial charge is 0.356 e. The van der Waals surface area contributed by atoms with Crippen LogP contribution in [-0.2, 0) is 15.0 Å². The van der Waals surface area contributed by atoms with Crippen molar-refractivity contribution < 1.29 is 13.2 Å². The van der Waals surface area contributed by atoms with Gasteiger partial charge in [0.2, 0.25) is 5.91 Å². The number of carbonyl (C=O) groups excluding carboxylic acids is 1. The molecule has 0 aliphatic carbocycles. The van der Waals surface area contributed by atoms with Gasteiger partial charge in [0.05, 0.1) is 0 Å². The second-order valence-corrected chi connectivity index (χ2v) is 7.25. The highest BCUT2D eigenvalue weighted by atomic mass is 32.2. The average molecular weight is 291 g/mol. The standard InChI is InChI=1S/C12H25N3O3S/c1-4-5-8-13-12(16)11-6-9-15(10-7-11)19(17,18)14(2)3/h11H,4-10H2,1-3H3,(H,13,16). The lowest BCUT2D eigenvalue weighted by molar-refractivity contribution is -0.126. The fourth-order valence-corrected chi connectivity index (χ4v) is 3.25. The van der Waals surface area contributed by atoms with E-state index < -0.39 is 10.2 Å². The number of carbonyl (C=O) groups is 1. The Labute approximate surface area is 116 Å². The molecule has 1 fully saturated rings. The molecule has 7 heteroatoms. The summed E-state index contributed by atoms with van der Waals surface area (Å²) in [6.07, 6.45) is 3.25. The van der Waals surface area contributed by atoms with Crippen LogP contribution in [-0.4, -0.2) is 56.7 Å². The molecule has 1 aliphatic rings. The van der Waals surface area contributed by atoms with E-state index in [2.05, 4.69) is 12.2 Å². The summed E-state index contributed by atoms with van der Waals surface area (Å²) in [5, 5.41) is 2.91. The zero-order chi connectivity index (χ0) is 14.5. The molecule has 112 valence electrons. The van der Waals surface area contributed by atoms with Crippen molar-refractivity contribution in [1.29, 1.82) is 0 Å². The molecule has 1 saturated heterocycles. The number of unbranched alkanes of at least 4 members (excludes halogenated alkanes) is 1. The summed E-state index contributed by atoms with van der Waals surface area (Å²) in [6, 6.07) is 0. The molecule has 0 aromatic heterocycles. The van der Waals surface area contributed by atoms with Crippen LogP contribution in [0.4, 0.5) is 0 Å². The molecule has 0 bridgehead atoms. The van der Waals surface area contributed by atoms with E-state index in [0.29, 0.717) is 32.5 Å². The fourth-order valence-electron chi connectivity index (χ4n) is 2.11. The zero-order valence-electron chi connectivity index (χ0n) is 12.1. The quantitative estimate of drug-likeness (QED) is 0.721. The van der Waals surface area contributed by atoms with Gasteiger partial charge in [0.1, 0.15) is 0 Å². The summed E-state index contributed by atoms with van der Waals surface area (Å²) >= 11 is 0. The summed E-state index contributed by atoms with van der Waals surface area (Å²) in [6.45, 7) is 3.64. The van der Waals surface area contributed by atoms with Crippen LogP contribution >= 0.6 is 0 Å². The van der Waals surface area contributed by atoms with Gasteiger partial charge in [-0.05, 0) is 19.3 Å². The molecule has 0 radical (unpaired) electrons. The highest BCUT2D eigenvalue weighted by molar-refractivity contribution is 7.86. The third kappa shape index (κ3) is 4.43. The second kappa shape index (κ2) is 7.21. The number of piperidine rings is 1. The summed E-state index contributed by atoms with van der Waals surface area (Å²) in [7, 11) is -0.282. The predicted molar refractivity (Wildman–Crippen MR) is 74.8 cm³/mol. The van der Waals surface area contributed by atoms with Gasteiger partial charge in [-0.25, -0.2) is 0 Å². The molecule has 0 aromatic carbocycles. The lowest BCUT2D eigenvalue weighted by Crippen LogP contribution is -2.46. The molecule has 1 rings (SSSR count). The van der Waals surface area contributed by atoms with Crippen molar-refractivity contribution in [1.82, 2.24) is 13.9 Å². The van der Waals surface area contributed by atoms with E-state index in [-0.39, 0.29) is 11.8 Å². The third-order valence-electron chi connectivity index (χ3n) is 3.44. The summed E-state index contributed by atoms with van der Waals surface area (Å²) in [5.74, 6) is 0.0146. The number of nitrogens with one attached hydrogen (secondary N) is 1. The van der Waals surface area contributed by atoms with Gasteiger partial charge >= 0.3 is 0 Å². The number of nitrogens with zero attached hydrogens (tertiary/aromatic N) is 2. The first kappa shape index (κ1) is 16.4. The highest BCUT2D eigenvalue weighted by Gasteiger charge is 2.31. The Morgan fingerprint density at radius 1 is 1.32 bits per heavy atom. The minimum atomic E-state index is -3.34. The first-order valence-electron chi connectivity index (χ1n) is 6.85. The van der Waals surface area contributed by atoms with Crippen molar-refractivity contribution in [2.45, 2.75) is 32.6 Å². The fraction of sp³-hybridized carbons (Fsp3) is 0.917. The second-order valence-electron chi connectivity index (χ2n) is 5.11. The van der Waals surface area contributed by atoms with E-state index >= 15 is 0 Å². The van der Waals surface area contributed by atoms with Gasteiger partial charge in [0.25, 0.3) is 10.2 Å².